The minimum atomic E-state index is -0.267. The van der Waals surface area contributed by atoms with Crippen molar-refractivity contribution in [3.05, 3.63) is 47.5 Å². The van der Waals surface area contributed by atoms with Crippen LogP contribution in [-0.4, -0.2) is 28.8 Å². The van der Waals surface area contributed by atoms with Crippen LogP contribution in [0.3, 0.4) is 0 Å². The summed E-state index contributed by atoms with van der Waals surface area (Å²) in [5, 5.41) is 11.1. The molecular weight excluding hydrogens is 331 g/mol. The lowest BCUT2D eigenvalue weighted by atomic mass is 9.67. The molecule has 1 saturated heterocycles. The van der Waals surface area contributed by atoms with Crippen LogP contribution in [-0.2, 0) is 11.3 Å². The number of hydrogen-bond donors (Lipinski definition) is 2. The molecule has 138 valence electrons. The Morgan fingerprint density at radius 1 is 1.38 bits per heavy atom. The second kappa shape index (κ2) is 6.83. The Balaban J connectivity index is 1.46. The number of halogens is 1. The first kappa shape index (κ1) is 17.2. The van der Waals surface area contributed by atoms with E-state index in [9.17, 15) is 9.18 Å². The molecule has 0 bridgehead atoms. The van der Waals surface area contributed by atoms with Crippen LogP contribution in [0.15, 0.2) is 30.5 Å². The van der Waals surface area contributed by atoms with Crippen LogP contribution in [0, 0.1) is 24.1 Å². The van der Waals surface area contributed by atoms with Gasteiger partial charge in [-0.1, -0.05) is 12.8 Å². The molecule has 2 heterocycles. The van der Waals surface area contributed by atoms with Gasteiger partial charge in [-0.05, 0) is 56.5 Å². The highest BCUT2D eigenvalue weighted by atomic mass is 19.1. The molecule has 1 aromatic heterocycles. The molecule has 1 aliphatic carbocycles. The molecule has 2 fully saturated rings. The van der Waals surface area contributed by atoms with E-state index in [1.54, 1.807) is 16.8 Å². The highest BCUT2D eigenvalue weighted by Crippen LogP contribution is 2.43. The minimum Gasteiger partial charge on any atom is -0.351 e. The van der Waals surface area contributed by atoms with Crippen LogP contribution in [0.5, 0.6) is 0 Å². The van der Waals surface area contributed by atoms with Gasteiger partial charge in [-0.15, -0.1) is 0 Å². The van der Waals surface area contributed by atoms with Crippen molar-refractivity contribution < 1.29 is 9.18 Å². The molecule has 2 N–H and O–H groups in total. The molecule has 26 heavy (non-hydrogen) atoms. The Kier molecular flexibility index (Phi) is 4.53. The van der Waals surface area contributed by atoms with Crippen LogP contribution in [0.25, 0.3) is 5.69 Å². The van der Waals surface area contributed by atoms with Crippen molar-refractivity contribution in [3.63, 3.8) is 0 Å². The summed E-state index contributed by atoms with van der Waals surface area (Å²) in [6, 6.07) is 6.23. The van der Waals surface area contributed by atoms with Crippen molar-refractivity contribution in [3.8, 4) is 5.69 Å². The van der Waals surface area contributed by atoms with E-state index in [-0.39, 0.29) is 17.1 Å². The van der Waals surface area contributed by atoms with Gasteiger partial charge in [-0.2, -0.15) is 5.10 Å². The molecule has 5 nitrogen and oxygen atoms in total. The van der Waals surface area contributed by atoms with E-state index in [4.69, 9.17) is 0 Å². The standard InChI is InChI=1S/C20H25FN4O/c1-14-15(12-25(24-14)18-7-5-17(21)6-8-18)10-23-19(26)20-9-3-2-4-16(20)11-22-13-20/h5-8,12,16,22H,2-4,9-11,13H2,1H3,(H,23,26)/t16-,20+/m0/s1. The lowest BCUT2D eigenvalue weighted by molar-refractivity contribution is -0.134. The third-order valence-electron chi connectivity index (χ3n) is 6.02. The molecule has 2 aromatic rings. The molecule has 2 aliphatic rings. The number of aromatic nitrogens is 2. The minimum absolute atomic E-state index is 0.168. The van der Waals surface area contributed by atoms with Gasteiger partial charge in [0.2, 0.25) is 5.91 Å². The molecule has 1 saturated carbocycles. The number of carbonyl (C=O) groups excluding carboxylic acids is 1. The van der Waals surface area contributed by atoms with Crippen molar-refractivity contribution in [1.82, 2.24) is 20.4 Å². The maximum Gasteiger partial charge on any atom is 0.228 e. The SMILES string of the molecule is Cc1nn(-c2ccc(F)cc2)cc1CNC(=O)[C@@]12CCCC[C@H]1CNC2. The van der Waals surface area contributed by atoms with Gasteiger partial charge in [-0.3, -0.25) is 4.79 Å². The number of hydrogen-bond acceptors (Lipinski definition) is 3. The molecule has 1 aromatic carbocycles. The third-order valence-corrected chi connectivity index (χ3v) is 6.02. The number of aryl methyl sites for hydroxylation is 1. The van der Waals surface area contributed by atoms with E-state index < -0.39 is 0 Å². The van der Waals surface area contributed by atoms with Crippen molar-refractivity contribution in [2.75, 3.05) is 13.1 Å². The number of rotatable bonds is 4. The third kappa shape index (κ3) is 3.03. The first-order valence-corrected chi connectivity index (χ1v) is 9.39. The Morgan fingerprint density at radius 3 is 3.00 bits per heavy atom. The van der Waals surface area contributed by atoms with E-state index in [2.05, 4.69) is 15.7 Å². The van der Waals surface area contributed by atoms with E-state index in [0.717, 1.165) is 49.3 Å². The van der Waals surface area contributed by atoms with Gasteiger partial charge in [0.05, 0.1) is 16.8 Å². The predicted octanol–water partition coefficient (Wildman–Crippen LogP) is 2.72. The Morgan fingerprint density at radius 2 is 2.19 bits per heavy atom. The first-order chi connectivity index (χ1) is 12.6. The predicted molar refractivity (Wildman–Crippen MR) is 97.4 cm³/mol. The number of amides is 1. The molecule has 0 radical (unpaired) electrons. The Hall–Kier alpha value is -2.21. The zero-order chi connectivity index (χ0) is 18.1. The zero-order valence-electron chi connectivity index (χ0n) is 15.1. The summed E-state index contributed by atoms with van der Waals surface area (Å²) in [7, 11) is 0. The van der Waals surface area contributed by atoms with Crippen LogP contribution >= 0.6 is 0 Å². The summed E-state index contributed by atoms with van der Waals surface area (Å²) in [6.45, 7) is 4.15. The van der Waals surface area contributed by atoms with E-state index in [1.165, 1.54) is 18.6 Å². The summed E-state index contributed by atoms with van der Waals surface area (Å²) in [6.07, 6.45) is 6.39. The fourth-order valence-corrected chi connectivity index (χ4v) is 4.44. The van der Waals surface area contributed by atoms with Crippen LogP contribution in [0.1, 0.15) is 36.9 Å². The van der Waals surface area contributed by atoms with E-state index in [1.807, 2.05) is 13.1 Å². The Bertz CT molecular complexity index is 801. The molecule has 0 spiro atoms. The van der Waals surface area contributed by atoms with Gasteiger partial charge in [0, 0.05) is 24.8 Å². The summed E-state index contributed by atoms with van der Waals surface area (Å²) >= 11 is 0. The summed E-state index contributed by atoms with van der Waals surface area (Å²) in [4.78, 5) is 13.0. The number of fused-ring (bicyclic) bond motifs is 1. The molecule has 0 unspecified atom stereocenters. The van der Waals surface area contributed by atoms with Crippen molar-refractivity contribution in [1.29, 1.82) is 0 Å². The second-order valence-corrected chi connectivity index (χ2v) is 7.57. The van der Waals surface area contributed by atoms with Crippen molar-refractivity contribution >= 4 is 5.91 Å². The van der Waals surface area contributed by atoms with Gasteiger partial charge >= 0.3 is 0 Å². The van der Waals surface area contributed by atoms with Crippen LogP contribution < -0.4 is 10.6 Å². The molecule has 1 amide bonds. The quantitative estimate of drug-likeness (QED) is 0.886. The maximum absolute atomic E-state index is 13.1. The monoisotopic (exact) mass is 356 g/mol. The van der Waals surface area contributed by atoms with Gasteiger partial charge in [-0.25, -0.2) is 9.07 Å². The van der Waals surface area contributed by atoms with Gasteiger partial charge in [0.1, 0.15) is 5.82 Å². The smallest absolute Gasteiger partial charge is 0.228 e. The summed E-state index contributed by atoms with van der Waals surface area (Å²) < 4.78 is 14.8. The van der Waals surface area contributed by atoms with Crippen LogP contribution in [0.4, 0.5) is 4.39 Å². The Labute approximate surface area is 153 Å². The molecular formula is C20H25FN4O. The summed E-state index contributed by atoms with van der Waals surface area (Å²) in [5.41, 5.74) is 2.42. The van der Waals surface area contributed by atoms with Crippen molar-refractivity contribution in [2.45, 2.75) is 39.2 Å². The van der Waals surface area contributed by atoms with E-state index >= 15 is 0 Å². The van der Waals surface area contributed by atoms with Gasteiger partial charge < -0.3 is 10.6 Å². The number of benzene rings is 1. The highest BCUT2D eigenvalue weighted by Gasteiger charge is 2.49. The lowest BCUT2D eigenvalue weighted by Gasteiger charge is -2.37. The molecule has 1 aliphatic heterocycles. The number of nitrogens with zero attached hydrogens (tertiary/aromatic N) is 2. The first-order valence-electron chi connectivity index (χ1n) is 9.39. The normalized spacial score (nSPS) is 25.1. The van der Waals surface area contributed by atoms with Crippen LogP contribution in [0.2, 0.25) is 0 Å². The number of nitrogens with one attached hydrogen (secondary N) is 2. The highest BCUT2D eigenvalue weighted by molar-refractivity contribution is 5.83. The maximum atomic E-state index is 13.1. The molecule has 6 heteroatoms. The van der Waals surface area contributed by atoms with Crippen molar-refractivity contribution in [2.24, 2.45) is 11.3 Å². The number of carbonyl (C=O) groups is 1. The van der Waals surface area contributed by atoms with Gasteiger partial charge in [0.15, 0.2) is 0 Å². The molecule has 2 atom stereocenters. The average Bonchev–Trinajstić information content (AvgIpc) is 3.24. The van der Waals surface area contributed by atoms with Gasteiger partial charge in [0.25, 0.3) is 0 Å². The topological polar surface area (TPSA) is 59.0 Å². The molecule has 4 rings (SSSR count). The zero-order valence-corrected chi connectivity index (χ0v) is 15.1. The second-order valence-electron chi connectivity index (χ2n) is 7.57. The average molecular weight is 356 g/mol. The fourth-order valence-electron chi connectivity index (χ4n) is 4.44. The largest absolute Gasteiger partial charge is 0.351 e. The van der Waals surface area contributed by atoms with E-state index in [0.29, 0.717) is 12.5 Å². The summed E-state index contributed by atoms with van der Waals surface area (Å²) in [5.74, 6) is 0.358. The lowest BCUT2D eigenvalue weighted by Crippen LogP contribution is -2.47. The fraction of sp³-hybridized carbons (Fsp3) is 0.500.